The molecular formula is C18H16N4O6. The quantitative estimate of drug-likeness (QED) is 0.486. The second-order valence-corrected chi connectivity index (χ2v) is 5.61. The number of carbonyl (C=O) groups is 1. The number of nitrogens with one attached hydrogen (secondary N) is 1. The van der Waals surface area contributed by atoms with Crippen molar-refractivity contribution in [2.45, 2.75) is 6.42 Å². The first-order valence-electron chi connectivity index (χ1n) is 8.09. The van der Waals surface area contributed by atoms with Crippen LogP contribution >= 0.6 is 0 Å². The Balaban J connectivity index is 1.71. The van der Waals surface area contributed by atoms with E-state index in [1.54, 1.807) is 31.4 Å². The predicted octanol–water partition coefficient (Wildman–Crippen LogP) is 2.84. The van der Waals surface area contributed by atoms with Crippen molar-refractivity contribution in [1.29, 1.82) is 0 Å². The third-order valence-corrected chi connectivity index (χ3v) is 3.80. The van der Waals surface area contributed by atoms with Crippen LogP contribution in [0, 0.1) is 10.1 Å². The van der Waals surface area contributed by atoms with Gasteiger partial charge in [-0.3, -0.25) is 14.9 Å². The highest BCUT2D eigenvalue weighted by Crippen LogP contribution is 2.29. The highest BCUT2D eigenvalue weighted by molar-refractivity contribution is 5.93. The van der Waals surface area contributed by atoms with Crippen molar-refractivity contribution in [2.75, 3.05) is 19.5 Å². The minimum absolute atomic E-state index is 0.104. The summed E-state index contributed by atoms with van der Waals surface area (Å²) < 4.78 is 15.3. The number of ether oxygens (including phenoxy) is 2. The van der Waals surface area contributed by atoms with Gasteiger partial charge in [0.1, 0.15) is 17.9 Å². The van der Waals surface area contributed by atoms with E-state index in [0.29, 0.717) is 22.9 Å². The Morgan fingerprint density at radius 1 is 1.18 bits per heavy atom. The number of nitro groups is 1. The SMILES string of the molecule is COc1ccc(-c2noc(CC(=O)Nc3cc([N+](=O)[O-])ccc3OC)n2)cc1. The summed E-state index contributed by atoms with van der Waals surface area (Å²) in [7, 11) is 2.96. The van der Waals surface area contributed by atoms with Gasteiger partial charge in [0.2, 0.25) is 17.6 Å². The molecule has 1 heterocycles. The van der Waals surface area contributed by atoms with Crippen molar-refractivity contribution in [2.24, 2.45) is 0 Å². The summed E-state index contributed by atoms with van der Waals surface area (Å²) in [4.78, 5) is 26.8. The van der Waals surface area contributed by atoms with Crippen LogP contribution in [-0.4, -0.2) is 35.2 Å². The number of non-ortho nitro benzene ring substituents is 1. The number of anilines is 1. The number of amides is 1. The molecule has 0 aliphatic carbocycles. The number of aromatic nitrogens is 2. The second-order valence-electron chi connectivity index (χ2n) is 5.61. The zero-order chi connectivity index (χ0) is 20.1. The summed E-state index contributed by atoms with van der Waals surface area (Å²) in [5, 5.41) is 17.3. The van der Waals surface area contributed by atoms with Gasteiger partial charge in [-0.15, -0.1) is 0 Å². The van der Waals surface area contributed by atoms with Crippen LogP contribution in [-0.2, 0) is 11.2 Å². The van der Waals surface area contributed by atoms with Gasteiger partial charge >= 0.3 is 0 Å². The number of rotatable bonds is 7. The fourth-order valence-corrected chi connectivity index (χ4v) is 2.42. The maximum absolute atomic E-state index is 12.3. The van der Waals surface area contributed by atoms with E-state index in [0.717, 1.165) is 0 Å². The van der Waals surface area contributed by atoms with Crippen LogP contribution in [0.4, 0.5) is 11.4 Å². The lowest BCUT2D eigenvalue weighted by molar-refractivity contribution is -0.384. The lowest BCUT2D eigenvalue weighted by atomic mass is 10.2. The molecule has 1 aromatic heterocycles. The van der Waals surface area contributed by atoms with Gasteiger partial charge in [0, 0.05) is 17.7 Å². The molecule has 0 radical (unpaired) electrons. The Bertz CT molecular complexity index is 1000. The Morgan fingerprint density at radius 2 is 1.93 bits per heavy atom. The third-order valence-electron chi connectivity index (χ3n) is 3.80. The first-order valence-corrected chi connectivity index (χ1v) is 8.09. The molecule has 0 unspecified atom stereocenters. The van der Waals surface area contributed by atoms with Crippen molar-refractivity contribution in [3.8, 4) is 22.9 Å². The average molecular weight is 384 g/mol. The Morgan fingerprint density at radius 3 is 2.57 bits per heavy atom. The van der Waals surface area contributed by atoms with Gasteiger partial charge in [-0.05, 0) is 30.3 Å². The summed E-state index contributed by atoms with van der Waals surface area (Å²) >= 11 is 0. The molecule has 0 aliphatic heterocycles. The van der Waals surface area contributed by atoms with Crippen molar-refractivity contribution < 1.29 is 23.7 Å². The molecule has 144 valence electrons. The van der Waals surface area contributed by atoms with E-state index in [-0.39, 0.29) is 23.7 Å². The molecule has 0 atom stereocenters. The molecule has 3 aromatic rings. The molecule has 10 nitrogen and oxygen atoms in total. The van der Waals surface area contributed by atoms with Gasteiger partial charge < -0.3 is 19.3 Å². The molecule has 0 saturated carbocycles. The maximum atomic E-state index is 12.3. The lowest BCUT2D eigenvalue weighted by Crippen LogP contribution is -2.15. The lowest BCUT2D eigenvalue weighted by Gasteiger charge is -2.09. The van der Waals surface area contributed by atoms with Crippen LogP contribution in [0.5, 0.6) is 11.5 Å². The molecular weight excluding hydrogens is 368 g/mol. The van der Waals surface area contributed by atoms with E-state index in [1.165, 1.54) is 25.3 Å². The standard InChI is InChI=1S/C18H16N4O6/c1-26-13-6-3-11(4-7-13)18-20-17(28-21-18)10-16(23)19-14-9-12(22(24)25)5-8-15(14)27-2/h3-9H,10H2,1-2H3,(H,19,23). The van der Waals surface area contributed by atoms with Crippen molar-refractivity contribution in [1.82, 2.24) is 10.1 Å². The summed E-state index contributed by atoms with van der Waals surface area (Å²) in [6, 6.07) is 10.9. The van der Waals surface area contributed by atoms with E-state index >= 15 is 0 Å². The Labute approximate surface area is 159 Å². The average Bonchev–Trinajstić information content (AvgIpc) is 3.16. The topological polar surface area (TPSA) is 130 Å². The number of hydrogen-bond acceptors (Lipinski definition) is 8. The van der Waals surface area contributed by atoms with Crippen LogP contribution in [0.3, 0.4) is 0 Å². The number of methoxy groups -OCH3 is 2. The van der Waals surface area contributed by atoms with Crippen LogP contribution in [0.15, 0.2) is 47.0 Å². The molecule has 0 spiro atoms. The molecule has 1 N–H and O–H groups in total. The Hall–Kier alpha value is -3.95. The molecule has 28 heavy (non-hydrogen) atoms. The van der Waals surface area contributed by atoms with Gasteiger partial charge in [0.05, 0.1) is 24.8 Å². The van der Waals surface area contributed by atoms with Crippen molar-refractivity contribution >= 4 is 17.3 Å². The second kappa shape index (κ2) is 8.16. The molecule has 10 heteroatoms. The van der Waals surface area contributed by atoms with Crippen LogP contribution in [0.25, 0.3) is 11.4 Å². The van der Waals surface area contributed by atoms with E-state index in [2.05, 4.69) is 15.5 Å². The zero-order valence-electron chi connectivity index (χ0n) is 15.0. The van der Waals surface area contributed by atoms with Crippen LogP contribution in [0.2, 0.25) is 0 Å². The number of hydrogen-bond donors (Lipinski definition) is 1. The minimum atomic E-state index is -0.561. The summed E-state index contributed by atoms with van der Waals surface area (Å²) in [6.07, 6.45) is -0.199. The monoisotopic (exact) mass is 384 g/mol. The van der Waals surface area contributed by atoms with E-state index in [1.807, 2.05) is 0 Å². The van der Waals surface area contributed by atoms with E-state index in [4.69, 9.17) is 14.0 Å². The smallest absolute Gasteiger partial charge is 0.271 e. The molecule has 0 saturated heterocycles. The normalized spacial score (nSPS) is 10.4. The fraction of sp³-hybridized carbons (Fsp3) is 0.167. The Kier molecular flexibility index (Phi) is 5.49. The third kappa shape index (κ3) is 4.23. The van der Waals surface area contributed by atoms with Gasteiger partial charge in [-0.2, -0.15) is 4.98 Å². The maximum Gasteiger partial charge on any atom is 0.271 e. The first kappa shape index (κ1) is 18.8. The summed E-state index contributed by atoms with van der Waals surface area (Å²) in [5.41, 5.74) is 0.712. The summed E-state index contributed by atoms with van der Waals surface area (Å²) in [6.45, 7) is 0. The van der Waals surface area contributed by atoms with Gasteiger partial charge in [0.15, 0.2) is 0 Å². The van der Waals surface area contributed by atoms with Crippen molar-refractivity contribution in [3.05, 3.63) is 58.5 Å². The van der Waals surface area contributed by atoms with E-state index < -0.39 is 10.8 Å². The van der Waals surface area contributed by atoms with E-state index in [9.17, 15) is 14.9 Å². The first-order chi connectivity index (χ1) is 13.5. The van der Waals surface area contributed by atoms with Gasteiger partial charge in [-0.1, -0.05) is 5.16 Å². The molecule has 0 aliphatic rings. The zero-order valence-corrected chi connectivity index (χ0v) is 15.0. The van der Waals surface area contributed by atoms with Crippen LogP contribution < -0.4 is 14.8 Å². The molecule has 0 bridgehead atoms. The molecule has 3 rings (SSSR count). The number of benzene rings is 2. The largest absolute Gasteiger partial charge is 0.497 e. The molecule has 2 aromatic carbocycles. The highest BCUT2D eigenvalue weighted by atomic mass is 16.6. The number of carbonyl (C=O) groups excluding carboxylic acids is 1. The van der Waals surface area contributed by atoms with Gasteiger partial charge in [-0.25, -0.2) is 0 Å². The minimum Gasteiger partial charge on any atom is -0.497 e. The van der Waals surface area contributed by atoms with Crippen LogP contribution in [0.1, 0.15) is 5.89 Å². The van der Waals surface area contributed by atoms with Crippen molar-refractivity contribution in [3.63, 3.8) is 0 Å². The summed E-state index contributed by atoms with van der Waals surface area (Å²) in [5.74, 6) is 0.941. The number of nitro benzene ring substituents is 1. The predicted molar refractivity (Wildman–Crippen MR) is 98.3 cm³/mol. The van der Waals surface area contributed by atoms with Gasteiger partial charge in [0.25, 0.3) is 5.69 Å². The molecule has 1 amide bonds. The molecule has 0 fully saturated rings. The fourth-order valence-electron chi connectivity index (χ4n) is 2.42. The number of nitrogens with zero attached hydrogens (tertiary/aromatic N) is 3. The highest BCUT2D eigenvalue weighted by Gasteiger charge is 2.17.